The topological polar surface area (TPSA) is 140 Å². The first-order valence-electron chi connectivity index (χ1n) is 19.3. The van der Waals surface area contributed by atoms with Crippen LogP contribution in [0.15, 0.2) is 48.0 Å². The molecule has 2 aliphatic heterocycles. The van der Waals surface area contributed by atoms with Crippen molar-refractivity contribution in [1.29, 1.82) is 0 Å². The van der Waals surface area contributed by atoms with Crippen LogP contribution in [0.5, 0.6) is 5.75 Å². The van der Waals surface area contributed by atoms with Gasteiger partial charge in [0.05, 0.1) is 55.2 Å². The van der Waals surface area contributed by atoms with Gasteiger partial charge in [0.1, 0.15) is 24.4 Å². The third kappa shape index (κ3) is 11.7. The van der Waals surface area contributed by atoms with Crippen LogP contribution in [0.4, 0.5) is 0 Å². The average molecular weight is 799 g/mol. The van der Waals surface area contributed by atoms with Crippen molar-refractivity contribution in [3.8, 4) is 16.2 Å². The molecule has 1 aromatic heterocycles. The van der Waals surface area contributed by atoms with Crippen LogP contribution in [0.1, 0.15) is 73.1 Å². The summed E-state index contributed by atoms with van der Waals surface area (Å²) in [6.45, 7) is 9.51. The van der Waals surface area contributed by atoms with Crippen molar-refractivity contribution in [3.63, 3.8) is 0 Å². The smallest absolute Gasteiger partial charge is 0.255 e. The Hall–Kier alpha value is -3.59. The Labute approximate surface area is 333 Å². The highest BCUT2D eigenvalue weighted by atomic mass is 35.5. The number of nitrogens with zero attached hydrogens (tertiary/aromatic N) is 3. The Bertz CT molecular complexity index is 1710. The maximum absolute atomic E-state index is 14.1. The van der Waals surface area contributed by atoms with E-state index in [4.69, 9.17) is 30.5 Å². The van der Waals surface area contributed by atoms with Gasteiger partial charge in [0, 0.05) is 49.7 Å². The highest BCUT2D eigenvalue weighted by Gasteiger charge is 2.45. The van der Waals surface area contributed by atoms with E-state index < -0.39 is 18.2 Å². The number of aliphatic hydroxyl groups excluding tert-OH is 1. The number of fused-ring (bicyclic) bond motifs is 1. The summed E-state index contributed by atoms with van der Waals surface area (Å²) in [6.07, 6.45) is 3.58. The molecule has 0 bridgehead atoms. The number of rotatable bonds is 23. The molecule has 0 saturated carbocycles. The number of carbonyl (C=O) groups is 3. The summed E-state index contributed by atoms with van der Waals surface area (Å²) in [5.41, 5.74) is 5.87. The molecular weight excluding hydrogens is 744 g/mol. The Morgan fingerprint density at radius 3 is 2.38 bits per heavy atom. The van der Waals surface area contributed by atoms with E-state index in [9.17, 15) is 19.5 Å². The predicted octanol–water partition coefficient (Wildman–Crippen LogP) is 5.60. The monoisotopic (exact) mass is 798 g/mol. The van der Waals surface area contributed by atoms with Crippen molar-refractivity contribution in [2.45, 2.75) is 84.2 Å². The number of aryl methyl sites for hydroxylation is 1. The first-order valence-corrected chi connectivity index (χ1v) is 20.7. The van der Waals surface area contributed by atoms with E-state index in [0.717, 1.165) is 59.6 Å². The lowest BCUT2D eigenvalue weighted by atomic mass is 10.0. The Morgan fingerprint density at radius 2 is 1.69 bits per heavy atom. The molecule has 5 rings (SSSR count). The van der Waals surface area contributed by atoms with Crippen LogP contribution in [-0.2, 0) is 36.9 Å². The summed E-state index contributed by atoms with van der Waals surface area (Å²) < 4.78 is 23.2. The molecule has 2 aromatic carbocycles. The molecule has 12 nitrogen and oxygen atoms in total. The van der Waals surface area contributed by atoms with Gasteiger partial charge in [0.2, 0.25) is 11.8 Å². The van der Waals surface area contributed by atoms with Crippen molar-refractivity contribution in [1.82, 2.24) is 20.1 Å². The minimum atomic E-state index is -0.888. The molecule has 1 saturated heterocycles. The van der Waals surface area contributed by atoms with E-state index in [-0.39, 0.29) is 49.8 Å². The maximum Gasteiger partial charge on any atom is 0.255 e. The van der Waals surface area contributed by atoms with Crippen molar-refractivity contribution in [2.75, 3.05) is 58.7 Å². The van der Waals surface area contributed by atoms with Gasteiger partial charge in [-0.1, -0.05) is 57.0 Å². The normalized spacial score (nSPS) is 17.2. The zero-order valence-electron chi connectivity index (χ0n) is 32.2. The lowest BCUT2D eigenvalue weighted by Gasteiger charge is -2.35. The number of β-amino-alcohol motifs (C(OH)–C–C–N with tert-alkyl or cyclic N) is 1. The molecule has 2 aliphatic rings. The van der Waals surface area contributed by atoms with Crippen LogP contribution in [-0.4, -0.2) is 114 Å². The first-order chi connectivity index (χ1) is 26.7. The van der Waals surface area contributed by atoms with E-state index in [2.05, 4.69) is 10.3 Å². The van der Waals surface area contributed by atoms with Gasteiger partial charge in [0.25, 0.3) is 5.91 Å². The number of nitrogens with one attached hydrogen (secondary N) is 1. The third-order valence-electron chi connectivity index (χ3n) is 9.86. The SMILES string of the molecule is Cc1ncsc1-c1ccc(CNC(=O)[C@@H]2C[C@@H](O)CN2C(=O)[C@H](C(C)C)N2Cc3ccccc3C2=O)c(OCCOCCOCCOCCCCCCCl)c1. The van der Waals surface area contributed by atoms with Crippen LogP contribution in [0, 0.1) is 12.8 Å². The summed E-state index contributed by atoms with van der Waals surface area (Å²) in [5, 5.41) is 13.7. The summed E-state index contributed by atoms with van der Waals surface area (Å²) >= 11 is 7.25. The molecule has 3 atom stereocenters. The zero-order chi connectivity index (χ0) is 39.2. The standard InChI is InChI=1S/C41H55ClN4O8S/c1-28(2)37(46-25-32-10-6-7-11-34(32)40(46)49)41(50)45-26-33(47)23-35(45)39(48)43-24-31-13-12-30(38-29(3)44-27-55-38)22-36(31)54-21-20-53-19-18-52-17-16-51-15-9-5-4-8-14-42/h6-7,10-13,22,27-28,33,35,37,47H,4-5,8-9,14-21,23-26H2,1-3H3,(H,43,48)/t33-,35+,37+/m1/s1. The summed E-state index contributed by atoms with van der Waals surface area (Å²) in [6, 6.07) is 11.5. The van der Waals surface area contributed by atoms with Crippen LogP contribution >= 0.6 is 22.9 Å². The van der Waals surface area contributed by atoms with E-state index in [1.807, 2.05) is 57.2 Å². The highest BCUT2D eigenvalue weighted by molar-refractivity contribution is 7.13. The molecule has 14 heteroatoms. The second-order valence-corrected chi connectivity index (χ2v) is 15.5. The molecule has 0 radical (unpaired) electrons. The number of amides is 3. The first kappa shape index (κ1) is 42.6. The molecule has 2 N–H and O–H groups in total. The van der Waals surface area contributed by atoms with Crippen LogP contribution in [0.25, 0.3) is 10.4 Å². The van der Waals surface area contributed by atoms with Crippen molar-refractivity contribution < 1.29 is 38.4 Å². The Balaban J connectivity index is 1.14. The lowest BCUT2D eigenvalue weighted by Crippen LogP contribution is -2.55. The molecule has 0 unspecified atom stereocenters. The van der Waals surface area contributed by atoms with Gasteiger partial charge in [-0.25, -0.2) is 4.98 Å². The fraction of sp³-hybridized carbons (Fsp3) is 0.561. The Morgan fingerprint density at radius 1 is 0.982 bits per heavy atom. The lowest BCUT2D eigenvalue weighted by molar-refractivity contribution is -0.143. The maximum atomic E-state index is 14.1. The van der Waals surface area contributed by atoms with Crippen molar-refractivity contribution in [3.05, 3.63) is 70.4 Å². The van der Waals surface area contributed by atoms with Crippen LogP contribution in [0.3, 0.4) is 0 Å². The van der Waals surface area contributed by atoms with Crippen LogP contribution < -0.4 is 10.1 Å². The summed E-state index contributed by atoms with van der Waals surface area (Å²) in [4.78, 5) is 49.7. The number of halogens is 1. The molecular formula is C41H55ClN4O8S. The number of hydrogen-bond donors (Lipinski definition) is 2. The Kier molecular flexibility index (Phi) is 16.7. The minimum absolute atomic E-state index is 0.0149. The van der Waals surface area contributed by atoms with Crippen LogP contribution in [0.2, 0.25) is 0 Å². The molecule has 0 aliphatic carbocycles. The summed E-state index contributed by atoms with van der Waals surface area (Å²) in [7, 11) is 0. The number of hydrogen-bond acceptors (Lipinski definition) is 10. The number of ether oxygens (including phenoxy) is 4. The fourth-order valence-electron chi connectivity index (χ4n) is 7.02. The number of aliphatic hydroxyl groups is 1. The summed E-state index contributed by atoms with van der Waals surface area (Å²) in [5.74, 6) is 0.167. The van der Waals surface area contributed by atoms with Crippen molar-refractivity contribution >= 4 is 40.7 Å². The number of unbranched alkanes of at least 4 members (excludes halogenated alkanes) is 3. The molecule has 0 spiro atoms. The zero-order valence-corrected chi connectivity index (χ0v) is 33.7. The highest BCUT2D eigenvalue weighted by Crippen LogP contribution is 2.33. The third-order valence-corrected chi connectivity index (χ3v) is 11.1. The predicted molar refractivity (Wildman–Crippen MR) is 212 cm³/mol. The number of aromatic nitrogens is 1. The van der Waals surface area contributed by atoms with Gasteiger partial charge in [-0.05, 0) is 48.9 Å². The van der Waals surface area contributed by atoms with E-state index in [0.29, 0.717) is 56.8 Å². The number of alkyl halides is 1. The molecule has 300 valence electrons. The number of thiazole rings is 1. The second-order valence-electron chi connectivity index (χ2n) is 14.3. The number of carbonyl (C=O) groups excluding carboxylic acids is 3. The molecule has 1 fully saturated rings. The van der Waals surface area contributed by atoms with Gasteiger partial charge < -0.3 is 39.2 Å². The number of benzene rings is 2. The van der Waals surface area contributed by atoms with Gasteiger partial charge in [0.15, 0.2) is 0 Å². The van der Waals surface area contributed by atoms with E-state index >= 15 is 0 Å². The quantitative estimate of drug-likeness (QED) is 0.0927. The van der Waals surface area contributed by atoms with E-state index in [1.54, 1.807) is 27.8 Å². The number of likely N-dealkylation sites (tertiary alicyclic amines) is 1. The van der Waals surface area contributed by atoms with Gasteiger partial charge >= 0.3 is 0 Å². The molecule has 3 amide bonds. The van der Waals surface area contributed by atoms with E-state index in [1.165, 1.54) is 4.90 Å². The fourth-order valence-corrected chi connectivity index (χ4v) is 8.01. The molecule has 3 heterocycles. The molecule has 55 heavy (non-hydrogen) atoms. The molecule has 3 aromatic rings. The van der Waals surface area contributed by atoms with Gasteiger partial charge in [-0.2, -0.15) is 0 Å². The van der Waals surface area contributed by atoms with Crippen molar-refractivity contribution in [2.24, 2.45) is 5.92 Å². The largest absolute Gasteiger partial charge is 0.491 e. The second kappa shape index (κ2) is 21.6. The van der Waals surface area contributed by atoms with Gasteiger partial charge in [-0.15, -0.1) is 22.9 Å². The van der Waals surface area contributed by atoms with Gasteiger partial charge in [-0.3, -0.25) is 14.4 Å². The minimum Gasteiger partial charge on any atom is -0.491 e. The average Bonchev–Trinajstić information content (AvgIpc) is 3.88.